The highest BCUT2D eigenvalue weighted by atomic mass is 16.5. The second-order valence-corrected chi connectivity index (χ2v) is 4.59. The zero-order valence-corrected chi connectivity index (χ0v) is 9.87. The molecule has 3 heteroatoms. The van der Waals surface area contributed by atoms with Gasteiger partial charge in [0.15, 0.2) is 0 Å². The van der Waals surface area contributed by atoms with Crippen LogP contribution in [0.15, 0.2) is 0 Å². The van der Waals surface area contributed by atoms with Crippen LogP contribution in [0, 0.1) is 5.92 Å². The lowest BCUT2D eigenvalue weighted by Gasteiger charge is -2.12. The Bertz CT molecular complexity index is 149. The predicted octanol–water partition coefficient (Wildman–Crippen LogP) is 1.55. The number of rotatable bonds is 10. The highest BCUT2D eigenvalue weighted by Gasteiger charge is 2.20. The third-order valence-corrected chi connectivity index (χ3v) is 2.80. The number of hydrogen-bond donors (Lipinski definition) is 2. The highest BCUT2D eigenvalue weighted by Crippen LogP contribution is 2.28. The summed E-state index contributed by atoms with van der Waals surface area (Å²) >= 11 is 0. The van der Waals surface area contributed by atoms with E-state index in [1.165, 1.54) is 12.8 Å². The molecule has 0 heterocycles. The van der Waals surface area contributed by atoms with Gasteiger partial charge in [0.2, 0.25) is 0 Å². The van der Waals surface area contributed by atoms with Crippen LogP contribution in [0.2, 0.25) is 0 Å². The van der Waals surface area contributed by atoms with Crippen LogP contribution in [0.1, 0.15) is 39.0 Å². The van der Waals surface area contributed by atoms with Crippen LogP contribution >= 0.6 is 0 Å². The summed E-state index contributed by atoms with van der Waals surface area (Å²) in [6.45, 7) is 5.35. The zero-order chi connectivity index (χ0) is 10.9. The second-order valence-electron chi connectivity index (χ2n) is 4.59. The first-order chi connectivity index (χ1) is 7.33. The summed E-state index contributed by atoms with van der Waals surface area (Å²) in [6, 6.07) is 0.514. The summed E-state index contributed by atoms with van der Waals surface area (Å²) in [5.41, 5.74) is 0. The molecule has 1 rings (SSSR count). The quantitative estimate of drug-likeness (QED) is 0.543. The van der Waals surface area contributed by atoms with E-state index < -0.39 is 0 Å². The third kappa shape index (κ3) is 7.77. The monoisotopic (exact) mass is 215 g/mol. The molecule has 15 heavy (non-hydrogen) atoms. The Morgan fingerprint density at radius 2 is 2.20 bits per heavy atom. The molecule has 1 fully saturated rings. The van der Waals surface area contributed by atoms with Crippen molar-refractivity contribution in [3.63, 3.8) is 0 Å². The fourth-order valence-corrected chi connectivity index (χ4v) is 1.56. The molecule has 0 aromatic heterocycles. The van der Waals surface area contributed by atoms with Crippen LogP contribution in [0.5, 0.6) is 0 Å². The number of aliphatic hydroxyl groups excluding tert-OH is 1. The molecule has 90 valence electrons. The van der Waals surface area contributed by atoms with E-state index in [0.717, 1.165) is 44.9 Å². The summed E-state index contributed by atoms with van der Waals surface area (Å²) < 4.78 is 5.54. The van der Waals surface area contributed by atoms with Crippen molar-refractivity contribution in [3.05, 3.63) is 0 Å². The first-order valence-corrected chi connectivity index (χ1v) is 6.25. The van der Waals surface area contributed by atoms with Gasteiger partial charge in [-0.15, -0.1) is 0 Å². The summed E-state index contributed by atoms with van der Waals surface area (Å²) in [4.78, 5) is 0. The molecule has 0 aromatic carbocycles. The molecule has 1 saturated carbocycles. The molecule has 0 amide bonds. The van der Waals surface area contributed by atoms with Crippen LogP contribution in [0.25, 0.3) is 0 Å². The Labute approximate surface area is 93.2 Å². The maximum absolute atomic E-state index is 8.67. The average Bonchev–Trinajstić information content (AvgIpc) is 3.04. The molecule has 3 nitrogen and oxygen atoms in total. The van der Waals surface area contributed by atoms with Crippen molar-refractivity contribution in [2.75, 3.05) is 26.4 Å². The minimum Gasteiger partial charge on any atom is -0.396 e. The lowest BCUT2D eigenvalue weighted by molar-refractivity contribution is 0.121. The topological polar surface area (TPSA) is 41.5 Å². The molecule has 0 saturated heterocycles. The molecule has 1 aliphatic carbocycles. The first-order valence-electron chi connectivity index (χ1n) is 6.25. The standard InChI is InChI=1S/C12H25NO2/c1-11(4-2-8-14)13-7-3-9-15-10-12-5-6-12/h11-14H,2-10H2,1H3. The van der Waals surface area contributed by atoms with E-state index in [9.17, 15) is 0 Å². The molecule has 0 aromatic rings. The fraction of sp³-hybridized carbons (Fsp3) is 1.00. The summed E-state index contributed by atoms with van der Waals surface area (Å²) in [6.07, 6.45) is 5.79. The Kier molecular flexibility index (Phi) is 6.98. The van der Waals surface area contributed by atoms with Gasteiger partial charge in [0.1, 0.15) is 0 Å². The molecule has 1 aliphatic rings. The molecular formula is C12H25NO2. The third-order valence-electron chi connectivity index (χ3n) is 2.80. The van der Waals surface area contributed by atoms with Gasteiger partial charge in [-0.2, -0.15) is 0 Å². The van der Waals surface area contributed by atoms with Crippen molar-refractivity contribution in [1.29, 1.82) is 0 Å². The predicted molar refractivity (Wildman–Crippen MR) is 61.9 cm³/mol. The molecule has 0 spiro atoms. The first kappa shape index (κ1) is 12.9. The SMILES string of the molecule is CC(CCCO)NCCCOCC1CC1. The maximum Gasteiger partial charge on any atom is 0.0494 e. The number of nitrogens with one attached hydrogen (secondary N) is 1. The smallest absolute Gasteiger partial charge is 0.0494 e. The Morgan fingerprint density at radius 3 is 2.87 bits per heavy atom. The van der Waals surface area contributed by atoms with Crippen LogP contribution in [-0.2, 0) is 4.74 Å². The van der Waals surface area contributed by atoms with Crippen LogP contribution in [-0.4, -0.2) is 37.5 Å². The van der Waals surface area contributed by atoms with Crippen LogP contribution < -0.4 is 5.32 Å². The van der Waals surface area contributed by atoms with E-state index in [0.29, 0.717) is 12.6 Å². The van der Waals surface area contributed by atoms with Crippen molar-refractivity contribution < 1.29 is 9.84 Å². The molecule has 0 aliphatic heterocycles. The lowest BCUT2D eigenvalue weighted by atomic mass is 10.2. The largest absolute Gasteiger partial charge is 0.396 e. The van der Waals surface area contributed by atoms with E-state index >= 15 is 0 Å². The van der Waals surface area contributed by atoms with Gasteiger partial charge in [-0.25, -0.2) is 0 Å². The molecule has 1 unspecified atom stereocenters. The summed E-state index contributed by atoms with van der Waals surface area (Å²) in [7, 11) is 0. The van der Waals surface area contributed by atoms with Crippen molar-refractivity contribution >= 4 is 0 Å². The van der Waals surface area contributed by atoms with Gasteiger partial charge < -0.3 is 15.2 Å². The van der Waals surface area contributed by atoms with Crippen LogP contribution in [0.3, 0.4) is 0 Å². The molecule has 1 atom stereocenters. The molecule has 2 N–H and O–H groups in total. The molecular weight excluding hydrogens is 190 g/mol. The Hall–Kier alpha value is -0.120. The van der Waals surface area contributed by atoms with E-state index in [1.54, 1.807) is 0 Å². The van der Waals surface area contributed by atoms with Gasteiger partial charge in [0.25, 0.3) is 0 Å². The van der Waals surface area contributed by atoms with Gasteiger partial charge >= 0.3 is 0 Å². The summed E-state index contributed by atoms with van der Waals surface area (Å²) in [5.74, 6) is 0.876. The Balaban J connectivity index is 1.74. The van der Waals surface area contributed by atoms with Gasteiger partial charge in [-0.1, -0.05) is 0 Å². The van der Waals surface area contributed by atoms with Crippen LogP contribution in [0.4, 0.5) is 0 Å². The van der Waals surface area contributed by atoms with Crippen molar-refractivity contribution in [1.82, 2.24) is 5.32 Å². The van der Waals surface area contributed by atoms with E-state index in [1.807, 2.05) is 0 Å². The van der Waals surface area contributed by atoms with E-state index in [2.05, 4.69) is 12.2 Å². The minimum absolute atomic E-state index is 0.302. The number of ether oxygens (including phenoxy) is 1. The van der Waals surface area contributed by atoms with Crippen molar-refractivity contribution in [3.8, 4) is 0 Å². The van der Waals surface area contributed by atoms with Gasteiger partial charge in [0, 0.05) is 25.9 Å². The number of hydrogen-bond acceptors (Lipinski definition) is 3. The van der Waals surface area contributed by atoms with Gasteiger partial charge in [0.05, 0.1) is 0 Å². The second kappa shape index (κ2) is 8.08. The van der Waals surface area contributed by atoms with E-state index in [-0.39, 0.29) is 0 Å². The van der Waals surface area contributed by atoms with E-state index in [4.69, 9.17) is 9.84 Å². The minimum atomic E-state index is 0.302. The highest BCUT2D eigenvalue weighted by molar-refractivity contribution is 4.71. The summed E-state index contributed by atoms with van der Waals surface area (Å²) in [5, 5.41) is 12.1. The van der Waals surface area contributed by atoms with Crippen molar-refractivity contribution in [2.24, 2.45) is 5.92 Å². The van der Waals surface area contributed by atoms with Gasteiger partial charge in [-0.05, 0) is 51.5 Å². The molecule has 0 radical (unpaired) electrons. The molecule has 0 bridgehead atoms. The fourth-order valence-electron chi connectivity index (χ4n) is 1.56. The van der Waals surface area contributed by atoms with Crippen molar-refractivity contribution in [2.45, 2.75) is 45.1 Å². The average molecular weight is 215 g/mol. The number of aliphatic hydroxyl groups is 1. The Morgan fingerprint density at radius 1 is 1.40 bits per heavy atom. The normalized spacial score (nSPS) is 18.0. The maximum atomic E-state index is 8.67. The van der Waals surface area contributed by atoms with Gasteiger partial charge in [-0.3, -0.25) is 0 Å². The lowest BCUT2D eigenvalue weighted by Crippen LogP contribution is -2.27. The zero-order valence-electron chi connectivity index (χ0n) is 9.87.